The lowest BCUT2D eigenvalue weighted by Gasteiger charge is -2.11. The van der Waals surface area contributed by atoms with Gasteiger partial charge in [-0.15, -0.1) is 0 Å². The van der Waals surface area contributed by atoms with Crippen molar-refractivity contribution in [2.24, 2.45) is 5.73 Å². The summed E-state index contributed by atoms with van der Waals surface area (Å²) in [6, 6.07) is 3.48. The van der Waals surface area contributed by atoms with Crippen LogP contribution in [0.25, 0.3) is 0 Å². The standard InChI is InChI=1S/C10H14N2O3/c1-15-8-2-3-9(12-6-8)7(5-11)4-10(13)14/h2-3,6-7H,4-5,11H2,1H3,(H,13,14). The van der Waals surface area contributed by atoms with E-state index < -0.39 is 5.97 Å². The summed E-state index contributed by atoms with van der Waals surface area (Å²) in [6.07, 6.45) is 1.55. The largest absolute Gasteiger partial charge is 0.495 e. The van der Waals surface area contributed by atoms with Crippen molar-refractivity contribution in [2.45, 2.75) is 12.3 Å². The van der Waals surface area contributed by atoms with E-state index in [4.69, 9.17) is 15.6 Å². The van der Waals surface area contributed by atoms with Crippen molar-refractivity contribution in [3.63, 3.8) is 0 Å². The van der Waals surface area contributed by atoms with Crippen LogP contribution in [-0.2, 0) is 4.79 Å². The first-order valence-corrected chi connectivity index (χ1v) is 4.59. The van der Waals surface area contributed by atoms with Crippen LogP contribution < -0.4 is 10.5 Å². The van der Waals surface area contributed by atoms with E-state index in [9.17, 15) is 4.79 Å². The van der Waals surface area contributed by atoms with Gasteiger partial charge in [0.1, 0.15) is 5.75 Å². The molecule has 1 aromatic heterocycles. The third-order valence-corrected chi connectivity index (χ3v) is 2.12. The predicted molar refractivity (Wildman–Crippen MR) is 54.8 cm³/mol. The summed E-state index contributed by atoms with van der Waals surface area (Å²) in [5.41, 5.74) is 6.17. The van der Waals surface area contributed by atoms with Crippen LogP contribution in [0.4, 0.5) is 0 Å². The summed E-state index contributed by atoms with van der Waals surface area (Å²) >= 11 is 0. The van der Waals surface area contributed by atoms with Crippen LogP contribution >= 0.6 is 0 Å². The smallest absolute Gasteiger partial charge is 0.304 e. The Hall–Kier alpha value is -1.62. The quantitative estimate of drug-likeness (QED) is 0.743. The molecule has 0 aliphatic heterocycles. The first kappa shape index (κ1) is 11.5. The molecule has 0 bridgehead atoms. The summed E-state index contributed by atoms with van der Waals surface area (Å²) in [4.78, 5) is 14.7. The molecule has 0 radical (unpaired) electrons. The van der Waals surface area contributed by atoms with Crippen LogP contribution in [-0.4, -0.2) is 29.7 Å². The monoisotopic (exact) mass is 210 g/mol. The molecule has 0 amide bonds. The Kier molecular flexibility index (Phi) is 4.05. The van der Waals surface area contributed by atoms with E-state index in [1.807, 2.05) is 0 Å². The predicted octanol–water partition coefficient (Wildman–Crippen LogP) is 0.607. The SMILES string of the molecule is COc1ccc(C(CN)CC(=O)O)nc1. The highest BCUT2D eigenvalue weighted by atomic mass is 16.5. The van der Waals surface area contributed by atoms with Gasteiger partial charge in [0.25, 0.3) is 0 Å². The number of carboxylic acid groups (broad SMARTS) is 1. The van der Waals surface area contributed by atoms with Crippen LogP contribution in [0, 0.1) is 0 Å². The van der Waals surface area contributed by atoms with E-state index in [2.05, 4.69) is 4.98 Å². The van der Waals surface area contributed by atoms with Gasteiger partial charge in [-0.2, -0.15) is 0 Å². The molecule has 5 heteroatoms. The summed E-state index contributed by atoms with van der Waals surface area (Å²) in [5, 5.41) is 8.67. The first-order valence-electron chi connectivity index (χ1n) is 4.59. The normalized spacial score (nSPS) is 12.1. The van der Waals surface area contributed by atoms with Crippen molar-refractivity contribution in [2.75, 3.05) is 13.7 Å². The fraction of sp³-hybridized carbons (Fsp3) is 0.400. The van der Waals surface area contributed by atoms with Gasteiger partial charge < -0.3 is 15.6 Å². The average Bonchev–Trinajstić information content (AvgIpc) is 2.26. The lowest BCUT2D eigenvalue weighted by Crippen LogP contribution is -2.17. The molecule has 1 heterocycles. The molecule has 82 valence electrons. The average molecular weight is 210 g/mol. The van der Waals surface area contributed by atoms with Crippen molar-refractivity contribution < 1.29 is 14.6 Å². The third kappa shape index (κ3) is 3.21. The highest BCUT2D eigenvalue weighted by Gasteiger charge is 2.14. The number of methoxy groups -OCH3 is 1. The third-order valence-electron chi connectivity index (χ3n) is 2.12. The minimum Gasteiger partial charge on any atom is -0.495 e. The summed E-state index contributed by atoms with van der Waals surface area (Å²) < 4.78 is 4.95. The van der Waals surface area contributed by atoms with Crippen molar-refractivity contribution in [3.05, 3.63) is 24.0 Å². The number of nitrogens with two attached hydrogens (primary N) is 1. The Morgan fingerprint density at radius 2 is 2.40 bits per heavy atom. The molecular weight excluding hydrogens is 196 g/mol. The minimum atomic E-state index is -0.872. The number of pyridine rings is 1. The van der Waals surface area contributed by atoms with Gasteiger partial charge in [-0.1, -0.05) is 0 Å². The summed E-state index contributed by atoms with van der Waals surface area (Å²) in [7, 11) is 1.55. The highest BCUT2D eigenvalue weighted by Crippen LogP contribution is 2.18. The number of hydrogen-bond donors (Lipinski definition) is 2. The van der Waals surface area contributed by atoms with Crippen molar-refractivity contribution in [3.8, 4) is 5.75 Å². The Morgan fingerprint density at radius 1 is 1.67 bits per heavy atom. The molecule has 1 unspecified atom stereocenters. The number of aliphatic carboxylic acids is 1. The summed E-state index contributed by atoms with van der Waals surface area (Å²) in [6.45, 7) is 0.269. The van der Waals surface area contributed by atoms with Crippen molar-refractivity contribution in [1.29, 1.82) is 0 Å². The second-order valence-electron chi connectivity index (χ2n) is 3.15. The van der Waals surface area contributed by atoms with Crippen LogP contribution in [0.5, 0.6) is 5.75 Å². The Balaban J connectivity index is 2.78. The molecular formula is C10H14N2O3. The van der Waals surface area contributed by atoms with Gasteiger partial charge in [-0.25, -0.2) is 0 Å². The molecule has 15 heavy (non-hydrogen) atoms. The van der Waals surface area contributed by atoms with Gasteiger partial charge in [0.05, 0.1) is 19.7 Å². The number of carbonyl (C=O) groups is 1. The van der Waals surface area contributed by atoms with Crippen LogP contribution in [0.2, 0.25) is 0 Å². The van der Waals surface area contributed by atoms with E-state index in [0.717, 1.165) is 0 Å². The van der Waals surface area contributed by atoms with E-state index in [-0.39, 0.29) is 18.9 Å². The molecule has 1 aromatic rings. The molecule has 0 aromatic carbocycles. The van der Waals surface area contributed by atoms with Crippen LogP contribution in [0.1, 0.15) is 18.0 Å². The molecule has 1 rings (SSSR count). The van der Waals surface area contributed by atoms with E-state index in [1.165, 1.54) is 0 Å². The molecule has 0 aliphatic rings. The van der Waals surface area contributed by atoms with Crippen LogP contribution in [0.3, 0.4) is 0 Å². The first-order chi connectivity index (χ1) is 7.17. The second-order valence-corrected chi connectivity index (χ2v) is 3.15. The fourth-order valence-corrected chi connectivity index (χ4v) is 1.27. The number of carboxylic acids is 1. The second kappa shape index (κ2) is 5.31. The van der Waals surface area contributed by atoms with E-state index in [1.54, 1.807) is 25.4 Å². The van der Waals surface area contributed by atoms with Gasteiger partial charge in [-0.3, -0.25) is 9.78 Å². The lowest BCUT2D eigenvalue weighted by molar-refractivity contribution is -0.137. The molecule has 3 N–H and O–H groups in total. The number of hydrogen-bond acceptors (Lipinski definition) is 4. The lowest BCUT2D eigenvalue weighted by atomic mass is 10.0. The number of aromatic nitrogens is 1. The molecule has 0 saturated carbocycles. The summed E-state index contributed by atoms with van der Waals surface area (Å²) in [5.74, 6) is -0.471. The van der Waals surface area contributed by atoms with Gasteiger partial charge in [-0.05, 0) is 12.1 Å². The zero-order chi connectivity index (χ0) is 11.3. The maximum absolute atomic E-state index is 10.6. The number of ether oxygens (including phenoxy) is 1. The molecule has 0 aliphatic carbocycles. The van der Waals surface area contributed by atoms with E-state index in [0.29, 0.717) is 11.4 Å². The molecule has 1 atom stereocenters. The molecule has 0 fully saturated rings. The Morgan fingerprint density at radius 3 is 2.80 bits per heavy atom. The fourth-order valence-electron chi connectivity index (χ4n) is 1.27. The van der Waals surface area contributed by atoms with Crippen LogP contribution in [0.15, 0.2) is 18.3 Å². The van der Waals surface area contributed by atoms with Gasteiger partial charge in [0.2, 0.25) is 0 Å². The minimum absolute atomic E-state index is 0.00414. The Labute approximate surface area is 87.9 Å². The Bertz CT molecular complexity index is 324. The molecule has 0 saturated heterocycles. The highest BCUT2D eigenvalue weighted by molar-refractivity contribution is 5.67. The topological polar surface area (TPSA) is 85.4 Å². The maximum Gasteiger partial charge on any atom is 0.304 e. The maximum atomic E-state index is 10.6. The van der Waals surface area contributed by atoms with Crippen molar-refractivity contribution >= 4 is 5.97 Å². The zero-order valence-electron chi connectivity index (χ0n) is 8.51. The number of rotatable bonds is 5. The number of nitrogens with zero attached hydrogens (tertiary/aromatic N) is 1. The van der Waals surface area contributed by atoms with Gasteiger partial charge >= 0.3 is 5.97 Å². The van der Waals surface area contributed by atoms with Gasteiger partial charge in [0, 0.05) is 18.2 Å². The van der Waals surface area contributed by atoms with Crippen molar-refractivity contribution in [1.82, 2.24) is 4.98 Å². The molecule has 5 nitrogen and oxygen atoms in total. The zero-order valence-corrected chi connectivity index (χ0v) is 8.51. The molecule has 0 spiro atoms. The van der Waals surface area contributed by atoms with E-state index >= 15 is 0 Å². The van der Waals surface area contributed by atoms with Gasteiger partial charge in [0.15, 0.2) is 0 Å².